The molecule has 0 fully saturated rings. The van der Waals surface area contributed by atoms with Gasteiger partial charge in [-0.2, -0.15) is 0 Å². The number of aryl methyl sites for hydroxylation is 3. The SMILES string of the molecule is Cc1cc(C)c(Cn2cccc2CNC(=O)NCc2ccccc2)c(C)c1. The lowest BCUT2D eigenvalue weighted by molar-refractivity contribution is 0.240. The molecular formula is C23H27N3O. The molecule has 1 aromatic heterocycles. The highest BCUT2D eigenvalue weighted by Gasteiger charge is 2.08. The monoisotopic (exact) mass is 361 g/mol. The van der Waals surface area contributed by atoms with Crippen LogP contribution in [0.5, 0.6) is 0 Å². The highest BCUT2D eigenvalue weighted by atomic mass is 16.2. The Morgan fingerprint density at radius 2 is 1.56 bits per heavy atom. The van der Waals surface area contributed by atoms with Crippen molar-refractivity contribution in [1.82, 2.24) is 15.2 Å². The predicted molar refractivity (Wildman–Crippen MR) is 110 cm³/mol. The maximum Gasteiger partial charge on any atom is 0.315 e. The number of urea groups is 1. The fourth-order valence-corrected chi connectivity index (χ4v) is 3.41. The van der Waals surface area contributed by atoms with E-state index < -0.39 is 0 Å². The van der Waals surface area contributed by atoms with Crippen LogP contribution in [0.1, 0.15) is 33.5 Å². The minimum atomic E-state index is -0.158. The summed E-state index contributed by atoms with van der Waals surface area (Å²) < 4.78 is 2.20. The van der Waals surface area contributed by atoms with Crippen LogP contribution in [-0.2, 0) is 19.6 Å². The van der Waals surface area contributed by atoms with E-state index in [9.17, 15) is 4.79 Å². The van der Waals surface area contributed by atoms with E-state index in [1.165, 1.54) is 22.3 Å². The molecule has 2 aromatic carbocycles. The summed E-state index contributed by atoms with van der Waals surface area (Å²) in [5.74, 6) is 0. The Morgan fingerprint density at radius 1 is 0.889 bits per heavy atom. The lowest BCUT2D eigenvalue weighted by Crippen LogP contribution is -2.35. The van der Waals surface area contributed by atoms with E-state index in [0.29, 0.717) is 13.1 Å². The van der Waals surface area contributed by atoms with E-state index >= 15 is 0 Å². The van der Waals surface area contributed by atoms with E-state index in [2.05, 4.69) is 60.4 Å². The molecule has 0 radical (unpaired) electrons. The molecule has 0 aliphatic carbocycles. The van der Waals surface area contributed by atoms with Crippen molar-refractivity contribution < 1.29 is 4.79 Å². The van der Waals surface area contributed by atoms with Gasteiger partial charge in [-0.3, -0.25) is 0 Å². The first-order chi connectivity index (χ1) is 13.0. The second-order valence-electron chi connectivity index (χ2n) is 7.03. The number of carbonyl (C=O) groups is 1. The number of carbonyl (C=O) groups excluding carboxylic acids is 1. The molecule has 4 heteroatoms. The normalized spacial score (nSPS) is 10.6. The number of rotatable bonds is 6. The quantitative estimate of drug-likeness (QED) is 0.669. The van der Waals surface area contributed by atoms with Gasteiger partial charge in [0.25, 0.3) is 0 Å². The minimum Gasteiger partial charge on any atom is -0.345 e. The van der Waals surface area contributed by atoms with Gasteiger partial charge in [-0.15, -0.1) is 0 Å². The van der Waals surface area contributed by atoms with Crippen molar-refractivity contribution in [2.75, 3.05) is 0 Å². The summed E-state index contributed by atoms with van der Waals surface area (Å²) in [5, 5.41) is 5.84. The third-order valence-corrected chi connectivity index (χ3v) is 4.82. The van der Waals surface area contributed by atoms with E-state index in [1.54, 1.807) is 0 Å². The highest BCUT2D eigenvalue weighted by molar-refractivity contribution is 5.73. The van der Waals surface area contributed by atoms with Gasteiger partial charge in [0.1, 0.15) is 0 Å². The summed E-state index contributed by atoms with van der Waals surface area (Å²) in [6, 6.07) is 18.3. The Balaban J connectivity index is 1.58. The number of nitrogens with one attached hydrogen (secondary N) is 2. The van der Waals surface area contributed by atoms with Gasteiger partial charge in [-0.05, 0) is 55.2 Å². The van der Waals surface area contributed by atoms with Crippen molar-refractivity contribution in [2.45, 2.75) is 40.4 Å². The Kier molecular flexibility index (Phi) is 5.97. The van der Waals surface area contributed by atoms with E-state index in [0.717, 1.165) is 17.8 Å². The van der Waals surface area contributed by atoms with Crippen LogP contribution in [0.3, 0.4) is 0 Å². The maximum absolute atomic E-state index is 12.1. The van der Waals surface area contributed by atoms with E-state index in [4.69, 9.17) is 0 Å². The number of hydrogen-bond donors (Lipinski definition) is 2. The van der Waals surface area contributed by atoms with Crippen molar-refractivity contribution >= 4 is 6.03 Å². The van der Waals surface area contributed by atoms with Crippen LogP contribution >= 0.6 is 0 Å². The van der Waals surface area contributed by atoms with Gasteiger partial charge in [-0.25, -0.2) is 4.79 Å². The predicted octanol–water partition coefficient (Wildman–Crippen LogP) is 4.46. The van der Waals surface area contributed by atoms with Crippen molar-refractivity contribution in [3.8, 4) is 0 Å². The van der Waals surface area contributed by atoms with Crippen molar-refractivity contribution in [3.05, 3.63) is 94.3 Å². The van der Waals surface area contributed by atoms with Gasteiger partial charge in [0.15, 0.2) is 0 Å². The Morgan fingerprint density at radius 3 is 2.26 bits per heavy atom. The molecule has 0 aliphatic heterocycles. The molecule has 0 atom stereocenters. The third kappa shape index (κ3) is 5.00. The molecule has 2 N–H and O–H groups in total. The molecule has 0 unspecified atom stereocenters. The molecule has 0 bridgehead atoms. The van der Waals surface area contributed by atoms with Gasteiger partial charge in [-0.1, -0.05) is 48.0 Å². The van der Waals surface area contributed by atoms with Crippen molar-refractivity contribution in [2.24, 2.45) is 0 Å². The average molecular weight is 361 g/mol. The summed E-state index contributed by atoms with van der Waals surface area (Å²) in [4.78, 5) is 12.1. The van der Waals surface area contributed by atoms with Crippen LogP contribution in [0.25, 0.3) is 0 Å². The third-order valence-electron chi connectivity index (χ3n) is 4.82. The van der Waals surface area contributed by atoms with Gasteiger partial charge in [0, 0.05) is 25.0 Å². The standard InChI is InChI=1S/C23H27N3O/c1-17-12-18(2)22(19(3)13-17)16-26-11-7-10-21(26)15-25-23(27)24-14-20-8-5-4-6-9-20/h4-13H,14-16H2,1-3H3,(H2,24,25,27). The van der Waals surface area contributed by atoms with Crippen LogP contribution in [0.4, 0.5) is 4.79 Å². The first-order valence-corrected chi connectivity index (χ1v) is 9.29. The molecule has 0 saturated heterocycles. The number of amides is 2. The second-order valence-corrected chi connectivity index (χ2v) is 7.03. The van der Waals surface area contributed by atoms with Crippen LogP contribution in [-0.4, -0.2) is 10.6 Å². The number of aromatic nitrogens is 1. The molecule has 4 nitrogen and oxygen atoms in total. The summed E-state index contributed by atoms with van der Waals surface area (Å²) in [5.41, 5.74) is 7.41. The van der Waals surface area contributed by atoms with Gasteiger partial charge >= 0.3 is 6.03 Å². The molecule has 0 aliphatic rings. The first kappa shape index (κ1) is 18.8. The molecular weight excluding hydrogens is 334 g/mol. The van der Waals surface area contributed by atoms with Gasteiger partial charge in [0.2, 0.25) is 0 Å². The lowest BCUT2D eigenvalue weighted by atomic mass is 10.00. The Bertz CT molecular complexity index is 889. The summed E-state index contributed by atoms with van der Waals surface area (Å²) in [6.07, 6.45) is 2.07. The number of hydrogen-bond acceptors (Lipinski definition) is 1. The average Bonchev–Trinajstić information content (AvgIpc) is 3.09. The van der Waals surface area contributed by atoms with Crippen LogP contribution in [0.2, 0.25) is 0 Å². The molecule has 1 heterocycles. The van der Waals surface area contributed by atoms with Crippen molar-refractivity contribution in [1.29, 1.82) is 0 Å². The summed E-state index contributed by atoms with van der Waals surface area (Å²) in [7, 11) is 0. The van der Waals surface area contributed by atoms with Crippen LogP contribution < -0.4 is 10.6 Å². The zero-order valence-electron chi connectivity index (χ0n) is 16.3. The van der Waals surface area contributed by atoms with Crippen LogP contribution in [0.15, 0.2) is 60.8 Å². The molecule has 0 saturated carbocycles. The molecule has 140 valence electrons. The lowest BCUT2D eigenvalue weighted by Gasteiger charge is -2.15. The number of nitrogens with zero attached hydrogens (tertiary/aromatic N) is 1. The van der Waals surface area contributed by atoms with E-state index in [1.807, 2.05) is 36.4 Å². The molecule has 3 aromatic rings. The molecule has 2 amide bonds. The Hall–Kier alpha value is -3.01. The zero-order valence-corrected chi connectivity index (χ0v) is 16.3. The smallest absolute Gasteiger partial charge is 0.315 e. The topological polar surface area (TPSA) is 46.1 Å². The van der Waals surface area contributed by atoms with Gasteiger partial charge in [0.05, 0.1) is 6.54 Å². The summed E-state index contributed by atoms with van der Waals surface area (Å²) in [6.45, 7) is 8.28. The number of benzene rings is 2. The first-order valence-electron chi connectivity index (χ1n) is 9.29. The second kappa shape index (κ2) is 8.58. The molecule has 27 heavy (non-hydrogen) atoms. The summed E-state index contributed by atoms with van der Waals surface area (Å²) >= 11 is 0. The maximum atomic E-state index is 12.1. The molecule has 3 rings (SSSR count). The van der Waals surface area contributed by atoms with Gasteiger partial charge < -0.3 is 15.2 Å². The molecule has 0 spiro atoms. The largest absolute Gasteiger partial charge is 0.345 e. The van der Waals surface area contributed by atoms with Crippen molar-refractivity contribution in [3.63, 3.8) is 0 Å². The zero-order chi connectivity index (χ0) is 19.2. The van der Waals surface area contributed by atoms with E-state index in [-0.39, 0.29) is 6.03 Å². The fraction of sp³-hybridized carbons (Fsp3) is 0.261. The minimum absolute atomic E-state index is 0.158. The van der Waals surface area contributed by atoms with Crippen LogP contribution in [0, 0.1) is 20.8 Å². The fourth-order valence-electron chi connectivity index (χ4n) is 3.41. The Labute approximate surface area is 161 Å². The highest BCUT2D eigenvalue weighted by Crippen LogP contribution is 2.18.